The first kappa shape index (κ1) is 30.5. The van der Waals surface area contributed by atoms with Crippen molar-refractivity contribution >= 4 is 33.7 Å². The van der Waals surface area contributed by atoms with E-state index in [0.717, 1.165) is 25.7 Å². The number of aromatic nitrogens is 4. The number of carbonyl (C=O) groups is 1. The summed E-state index contributed by atoms with van der Waals surface area (Å²) in [6.07, 6.45) is 4.26. The monoisotopic (exact) mass is 605 g/mol. The van der Waals surface area contributed by atoms with E-state index in [1.165, 1.54) is 4.68 Å². The van der Waals surface area contributed by atoms with Crippen LogP contribution in [-0.2, 0) is 19.5 Å². The Labute approximate surface area is 248 Å². The average Bonchev–Trinajstić information content (AvgIpc) is 3.55. The molecule has 4 atom stereocenters. The van der Waals surface area contributed by atoms with Crippen LogP contribution in [-0.4, -0.2) is 94.4 Å². The predicted molar refractivity (Wildman–Crippen MR) is 158 cm³/mol. The van der Waals surface area contributed by atoms with E-state index < -0.39 is 21.7 Å². The van der Waals surface area contributed by atoms with Gasteiger partial charge in [0.25, 0.3) is 0 Å². The Morgan fingerprint density at radius 1 is 1.14 bits per heavy atom. The van der Waals surface area contributed by atoms with E-state index in [0.29, 0.717) is 55.2 Å². The summed E-state index contributed by atoms with van der Waals surface area (Å²) >= 11 is 0. The minimum atomic E-state index is -3.27. The predicted octanol–water partition coefficient (Wildman–Crippen LogP) is 3.85. The average molecular weight is 606 g/mol. The van der Waals surface area contributed by atoms with Gasteiger partial charge in [0.15, 0.2) is 5.82 Å². The number of fused-ring (bicyclic) bond motifs is 2. The van der Waals surface area contributed by atoms with Gasteiger partial charge in [0, 0.05) is 49.4 Å². The molecule has 0 saturated carbocycles. The summed E-state index contributed by atoms with van der Waals surface area (Å²) in [6, 6.07) is 3.47. The molecule has 0 aliphatic carbocycles. The van der Waals surface area contributed by atoms with Gasteiger partial charge in [-0.25, -0.2) is 13.2 Å². The number of aryl methyl sites for hydroxylation is 1. The Balaban J connectivity index is 1.40. The van der Waals surface area contributed by atoms with E-state index in [4.69, 9.17) is 24.2 Å². The number of anilines is 3. The Kier molecular flexibility index (Phi) is 8.68. The standard InChI is InChI=1S/C28H43N7O6S/c1-7-42(37,38)35-19-9-8-10-20(35)15-21(14-19)33(6)26-30-23(16-25(31-26)40-22-11-12-39-17-22)29-24-13-18(2)34(32-24)27(36)41-28(3,4)5/h13,16,19-22H,7-12,14-15,17H2,1-6H3,(H,29,30,31,32)/t19-,20+,21-,22-/m1/s1. The fourth-order valence-corrected chi connectivity index (χ4v) is 7.61. The molecule has 0 spiro atoms. The van der Waals surface area contributed by atoms with Gasteiger partial charge in [-0.2, -0.15) is 19.0 Å². The van der Waals surface area contributed by atoms with Crippen LogP contribution >= 0.6 is 0 Å². The maximum atomic E-state index is 12.9. The lowest BCUT2D eigenvalue weighted by atomic mass is 9.83. The minimum absolute atomic E-state index is 0.0256. The number of rotatable bonds is 8. The molecule has 1 N–H and O–H groups in total. The molecule has 13 nitrogen and oxygen atoms in total. The molecule has 3 aliphatic heterocycles. The van der Waals surface area contributed by atoms with Crippen LogP contribution in [0.25, 0.3) is 0 Å². The molecular weight excluding hydrogens is 562 g/mol. The van der Waals surface area contributed by atoms with Crippen molar-refractivity contribution < 1.29 is 27.4 Å². The van der Waals surface area contributed by atoms with Crippen LogP contribution in [0.15, 0.2) is 12.1 Å². The first-order chi connectivity index (χ1) is 19.8. The fourth-order valence-electron chi connectivity index (χ4n) is 6.02. The van der Waals surface area contributed by atoms with Crippen LogP contribution in [0, 0.1) is 6.92 Å². The number of nitrogens with zero attached hydrogens (tertiary/aromatic N) is 6. The summed E-state index contributed by atoms with van der Waals surface area (Å²) in [5, 5.41) is 7.60. The van der Waals surface area contributed by atoms with Crippen molar-refractivity contribution in [2.24, 2.45) is 0 Å². The van der Waals surface area contributed by atoms with Gasteiger partial charge < -0.3 is 24.4 Å². The summed E-state index contributed by atoms with van der Waals surface area (Å²) in [5.74, 6) is 1.87. The van der Waals surface area contributed by atoms with Crippen molar-refractivity contribution in [2.75, 3.05) is 36.2 Å². The molecule has 0 radical (unpaired) electrons. The quantitative estimate of drug-likeness (QED) is 0.469. The fraction of sp³-hybridized carbons (Fsp3) is 0.714. The first-order valence-corrected chi connectivity index (χ1v) is 16.4. The Morgan fingerprint density at radius 3 is 2.48 bits per heavy atom. The lowest BCUT2D eigenvalue weighted by Crippen LogP contribution is -2.58. The molecule has 232 valence electrons. The summed E-state index contributed by atoms with van der Waals surface area (Å²) in [7, 11) is -1.32. The maximum absolute atomic E-state index is 12.9. The number of hydrogen-bond acceptors (Lipinski definition) is 11. The van der Waals surface area contributed by atoms with Crippen LogP contribution in [0.5, 0.6) is 5.88 Å². The molecule has 42 heavy (non-hydrogen) atoms. The molecule has 0 amide bonds. The van der Waals surface area contributed by atoms with Gasteiger partial charge in [-0.3, -0.25) is 0 Å². The van der Waals surface area contributed by atoms with Crippen molar-refractivity contribution in [3.05, 3.63) is 17.8 Å². The Morgan fingerprint density at radius 2 is 1.86 bits per heavy atom. The highest BCUT2D eigenvalue weighted by molar-refractivity contribution is 7.89. The molecule has 3 aliphatic rings. The van der Waals surface area contributed by atoms with Crippen molar-refractivity contribution in [1.29, 1.82) is 0 Å². The number of carbonyl (C=O) groups excluding carboxylic acids is 1. The van der Waals surface area contributed by atoms with Crippen LogP contribution in [0.3, 0.4) is 0 Å². The number of nitrogens with one attached hydrogen (secondary N) is 1. The molecular formula is C28H43N7O6S. The van der Waals surface area contributed by atoms with Crippen molar-refractivity contribution in [2.45, 2.75) is 103 Å². The smallest absolute Gasteiger partial charge is 0.435 e. The third kappa shape index (κ3) is 6.81. The Hall–Kier alpha value is -2.97. The van der Waals surface area contributed by atoms with Crippen LogP contribution < -0.4 is 15.0 Å². The Bertz CT molecular complexity index is 1370. The molecule has 5 heterocycles. The first-order valence-electron chi connectivity index (χ1n) is 14.8. The summed E-state index contributed by atoms with van der Waals surface area (Å²) in [4.78, 5) is 24.2. The number of hydrogen-bond donors (Lipinski definition) is 1. The molecule has 2 aromatic heterocycles. The van der Waals surface area contributed by atoms with E-state index >= 15 is 0 Å². The van der Waals surface area contributed by atoms with E-state index in [-0.39, 0.29) is 30.0 Å². The number of ether oxygens (including phenoxy) is 3. The second-order valence-electron chi connectivity index (χ2n) is 12.4. The SMILES string of the molecule is CCS(=O)(=O)N1[C@@H]2CCC[C@H]1C[C@H](N(C)c1nc(Nc3cc(C)n(C(=O)OC(C)(C)C)n3)cc(O[C@@H]3CCOC3)n1)C2. The zero-order chi connectivity index (χ0) is 30.2. The number of piperidine rings is 2. The highest BCUT2D eigenvalue weighted by Gasteiger charge is 2.45. The lowest BCUT2D eigenvalue weighted by molar-refractivity contribution is 0.0511. The van der Waals surface area contributed by atoms with Crippen LogP contribution in [0.2, 0.25) is 0 Å². The second kappa shape index (κ2) is 12.0. The largest absolute Gasteiger partial charge is 0.472 e. The van der Waals surface area contributed by atoms with Crippen molar-refractivity contribution in [1.82, 2.24) is 24.1 Å². The van der Waals surface area contributed by atoms with E-state index in [1.807, 2.05) is 11.9 Å². The normalized spacial score (nSPS) is 24.8. The highest BCUT2D eigenvalue weighted by atomic mass is 32.2. The van der Waals surface area contributed by atoms with Gasteiger partial charge >= 0.3 is 6.09 Å². The third-order valence-corrected chi connectivity index (χ3v) is 9.98. The molecule has 5 rings (SSSR count). The van der Waals surface area contributed by atoms with E-state index in [2.05, 4.69) is 10.4 Å². The van der Waals surface area contributed by atoms with Gasteiger partial charge in [-0.15, -0.1) is 5.10 Å². The topological polar surface area (TPSA) is 141 Å². The van der Waals surface area contributed by atoms with Gasteiger partial charge in [-0.1, -0.05) is 6.42 Å². The van der Waals surface area contributed by atoms with Crippen LogP contribution in [0.4, 0.5) is 22.4 Å². The molecule has 3 saturated heterocycles. The van der Waals surface area contributed by atoms with E-state index in [9.17, 15) is 13.2 Å². The van der Waals surface area contributed by atoms with Gasteiger partial charge in [0.2, 0.25) is 21.9 Å². The zero-order valence-electron chi connectivity index (χ0n) is 25.4. The summed E-state index contributed by atoms with van der Waals surface area (Å²) in [5.41, 5.74) is -0.0427. The highest BCUT2D eigenvalue weighted by Crippen LogP contribution is 2.39. The molecule has 2 bridgehead atoms. The molecule has 14 heteroatoms. The maximum Gasteiger partial charge on any atom is 0.435 e. The summed E-state index contributed by atoms with van der Waals surface area (Å²) < 4.78 is 45.9. The molecule has 0 unspecified atom stereocenters. The van der Waals surface area contributed by atoms with Gasteiger partial charge in [-0.05, 0) is 60.3 Å². The van der Waals surface area contributed by atoms with Crippen molar-refractivity contribution in [3.63, 3.8) is 0 Å². The van der Waals surface area contributed by atoms with Gasteiger partial charge in [0.1, 0.15) is 17.5 Å². The van der Waals surface area contributed by atoms with Gasteiger partial charge in [0.05, 0.1) is 19.0 Å². The summed E-state index contributed by atoms with van der Waals surface area (Å²) in [6.45, 7) is 10.0. The number of sulfonamides is 1. The molecule has 2 aromatic rings. The second-order valence-corrected chi connectivity index (χ2v) is 14.6. The lowest BCUT2D eigenvalue weighted by Gasteiger charge is -2.49. The molecule has 3 fully saturated rings. The van der Waals surface area contributed by atoms with E-state index in [1.54, 1.807) is 51.1 Å². The zero-order valence-corrected chi connectivity index (χ0v) is 26.2. The third-order valence-electron chi connectivity index (χ3n) is 8.01. The molecule has 0 aromatic carbocycles. The minimum Gasteiger partial charge on any atom is -0.472 e. The van der Waals surface area contributed by atoms with Crippen molar-refractivity contribution in [3.8, 4) is 5.88 Å². The van der Waals surface area contributed by atoms with Crippen LogP contribution in [0.1, 0.15) is 71.9 Å².